The summed E-state index contributed by atoms with van der Waals surface area (Å²) in [5.41, 5.74) is -0.184. The molecule has 0 bridgehead atoms. The Hall–Kier alpha value is -1.92. The molecule has 7 heteroatoms. The first-order chi connectivity index (χ1) is 14.6. The van der Waals surface area contributed by atoms with Gasteiger partial charge in [0, 0.05) is 6.54 Å². The molecule has 0 saturated heterocycles. The van der Waals surface area contributed by atoms with Crippen molar-refractivity contribution in [1.82, 2.24) is 9.97 Å². The van der Waals surface area contributed by atoms with Gasteiger partial charge in [0.25, 0.3) is 5.88 Å². The lowest BCUT2D eigenvalue weighted by atomic mass is 10.0. The van der Waals surface area contributed by atoms with E-state index in [2.05, 4.69) is 22.2 Å². The van der Waals surface area contributed by atoms with Crippen molar-refractivity contribution in [3.63, 3.8) is 0 Å². The number of aromatic nitrogens is 2. The normalized spacial score (nSPS) is 11.1. The summed E-state index contributed by atoms with van der Waals surface area (Å²) in [6, 6.07) is 0. The van der Waals surface area contributed by atoms with Gasteiger partial charge in [-0.2, -0.15) is 4.98 Å². The molecule has 0 aliphatic rings. The molecule has 0 fully saturated rings. The van der Waals surface area contributed by atoms with Crippen molar-refractivity contribution >= 4 is 11.5 Å². The summed E-state index contributed by atoms with van der Waals surface area (Å²) in [6.07, 6.45) is 19.4. The monoisotopic (exact) mass is 422 g/mol. The third kappa shape index (κ3) is 11.9. The smallest absolute Gasteiger partial charge is 0.372 e. The van der Waals surface area contributed by atoms with Crippen LogP contribution in [0.25, 0.3) is 0 Å². The predicted molar refractivity (Wildman–Crippen MR) is 123 cm³/mol. The van der Waals surface area contributed by atoms with Crippen molar-refractivity contribution in [3.8, 4) is 5.88 Å². The molecule has 1 aromatic rings. The first-order valence-corrected chi connectivity index (χ1v) is 12.0. The van der Waals surface area contributed by atoms with Gasteiger partial charge in [0.1, 0.15) is 6.33 Å². The Morgan fingerprint density at radius 3 is 1.87 bits per heavy atom. The van der Waals surface area contributed by atoms with E-state index in [1.807, 2.05) is 13.8 Å². The quantitative estimate of drug-likeness (QED) is 0.146. The number of rotatable bonds is 19. The maximum Gasteiger partial charge on any atom is 0.372 e. The first kappa shape index (κ1) is 26.1. The minimum Gasteiger partial charge on any atom is -0.470 e. The molecule has 0 aromatic carbocycles. The molecule has 0 saturated carbocycles. The highest BCUT2D eigenvalue weighted by Gasteiger charge is 2.24. The molecule has 1 aromatic heterocycles. The molecule has 0 atom stereocenters. The van der Waals surface area contributed by atoms with Crippen molar-refractivity contribution < 1.29 is 9.66 Å². The average molecular weight is 423 g/mol. The van der Waals surface area contributed by atoms with Crippen LogP contribution in [0.4, 0.5) is 11.5 Å². The number of anilines is 1. The largest absolute Gasteiger partial charge is 0.470 e. The van der Waals surface area contributed by atoms with E-state index in [1.165, 1.54) is 83.4 Å². The van der Waals surface area contributed by atoms with E-state index in [4.69, 9.17) is 4.74 Å². The van der Waals surface area contributed by atoms with Crippen LogP contribution in [0.5, 0.6) is 5.88 Å². The van der Waals surface area contributed by atoms with Crippen molar-refractivity contribution in [3.05, 3.63) is 16.4 Å². The Morgan fingerprint density at radius 2 is 1.40 bits per heavy atom. The van der Waals surface area contributed by atoms with Gasteiger partial charge in [-0.1, -0.05) is 90.4 Å². The second kappa shape index (κ2) is 16.8. The minimum absolute atomic E-state index is 0.0217. The number of ether oxygens (including phenoxy) is 1. The lowest BCUT2D eigenvalue weighted by Gasteiger charge is -2.11. The molecule has 0 radical (unpaired) electrons. The number of nitrogens with zero attached hydrogens (tertiary/aromatic N) is 3. The Morgan fingerprint density at radius 1 is 0.900 bits per heavy atom. The second-order valence-electron chi connectivity index (χ2n) is 8.32. The predicted octanol–water partition coefficient (Wildman–Crippen LogP) is 7.07. The van der Waals surface area contributed by atoms with Crippen LogP contribution in [-0.2, 0) is 0 Å². The molecule has 30 heavy (non-hydrogen) atoms. The molecule has 172 valence electrons. The highest BCUT2D eigenvalue weighted by Crippen LogP contribution is 2.31. The molecule has 0 spiro atoms. The van der Waals surface area contributed by atoms with Gasteiger partial charge >= 0.3 is 5.69 Å². The first-order valence-electron chi connectivity index (χ1n) is 12.0. The summed E-state index contributed by atoms with van der Waals surface area (Å²) in [5, 5.41) is 14.5. The van der Waals surface area contributed by atoms with Crippen LogP contribution in [0.2, 0.25) is 0 Å². The van der Waals surface area contributed by atoms with Crippen LogP contribution in [0.3, 0.4) is 0 Å². The van der Waals surface area contributed by atoms with E-state index in [9.17, 15) is 10.1 Å². The van der Waals surface area contributed by atoms with Crippen LogP contribution in [0.1, 0.15) is 111 Å². The Kier molecular flexibility index (Phi) is 14.7. The fourth-order valence-electron chi connectivity index (χ4n) is 3.49. The highest BCUT2D eigenvalue weighted by atomic mass is 16.6. The lowest BCUT2D eigenvalue weighted by Crippen LogP contribution is -2.12. The molecule has 0 aliphatic carbocycles. The second-order valence-corrected chi connectivity index (χ2v) is 8.32. The van der Waals surface area contributed by atoms with Crippen molar-refractivity contribution in [2.75, 3.05) is 11.9 Å². The zero-order valence-corrected chi connectivity index (χ0v) is 19.3. The molecule has 7 nitrogen and oxygen atoms in total. The average Bonchev–Trinajstić information content (AvgIpc) is 2.70. The third-order valence-corrected chi connectivity index (χ3v) is 5.14. The van der Waals surface area contributed by atoms with Crippen molar-refractivity contribution in [2.45, 2.75) is 117 Å². The van der Waals surface area contributed by atoms with Crippen LogP contribution < -0.4 is 10.1 Å². The van der Waals surface area contributed by atoms with Gasteiger partial charge in [-0.15, -0.1) is 0 Å². The summed E-state index contributed by atoms with van der Waals surface area (Å²) in [7, 11) is 0. The number of hydrogen-bond donors (Lipinski definition) is 1. The summed E-state index contributed by atoms with van der Waals surface area (Å²) in [4.78, 5) is 18.8. The summed E-state index contributed by atoms with van der Waals surface area (Å²) >= 11 is 0. The van der Waals surface area contributed by atoms with Crippen LogP contribution in [-0.4, -0.2) is 27.5 Å². The zero-order valence-electron chi connectivity index (χ0n) is 19.3. The van der Waals surface area contributed by atoms with Gasteiger partial charge < -0.3 is 10.1 Å². The lowest BCUT2D eigenvalue weighted by molar-refractivity contribution is -0.385. The summed E-state index contributed by atoms with van der Waals surface area (Å²) in [5.74, 6) is 0.258. The van der Waals surface area contributed by atoms with Gasteiger partial charge in [-0.25, -0.2) is 4.98 Å². The molecule has 0 amide bonds. The number of hydrogen-bond acceptors (Lipinski definition) is 6. The summed E-state index contributed by atoms with van der Waals surface area (Å²) < 4.78 is 5.44. The van der Waals surface area contributed by atoms with Gasteiger partial charge in [0.05, 0.1) is 11.0 Å². The molecule has 0 aliphatic heterocycles. The number of unbranched alkanes of at least 4 members (excludes halogenated alkanes) is 13. The molecular weight excluding hydrogens is 380 g/mol. The van der Waals surface area contributed by atoms with E-state index in [0.717, 1.165) is 12.8 Å². The standard InChI is InChI=1S/C23H42N4O3/c1-4-5-6-7-8-9-10-11-12-13-14-15-16-17-18-24-22-21(27(28)29)23(26-19-25-22)30-20(2)3/h19-20H,4-18H2,1-3H3,(H,24,25,26). The zero-order chi connectivity index (χ0) is 22.0. The number of nitro groups is 1. The maximum absolute atomic E-state index is 11.4. The van der Waals surface area contributed by atoms with Crippen molar-refractivity contribution in [2.24, 2.45) is 0 Å². The highest BCUT2D eigenvalue weighted by molar-refractivity contribution is 5.61. The van der Waals surface area contributed by atoms with Gasteiger partial charge in [-0.3, -0.25) is 10.1 Å². The molecule has 1 rings (SSSR count). The molecule has 0 unspecified atom stereocenters. The fraction of sp³-hybridized carbons (Fsp3) is 0.826. The Labute approximate surface area is 182 Å². The van der Waals surface area contributed by atoms with E-state index in [-0.39, 0.29) is 23.5 Å². The topological polar surface area (TPSA) is 90.2 Å². The van der Waals surface area contributed by atoms with E-state index >= 15 is 0 Å². The van der Waals surface area contributed by atoms with Gasteiger partial charge in [0.15, 0.2) is 0 Å². The van der Waals surface area contributed by atoms with Crippen LogP contribution in [0.15, 0.2) is 6.33 Å². The Balaban J connectivity index is 2.09. The minimum atomic E-state index is -0.481. The number of nitrogens with one attached hydrogen (secondary N) is 1. The molecule has 1 heterocycles. The maximum atomic E-state index is 11.4. The van der Waals surface area contributed by atoms with E-state index < -0.39 is 4.92 Å². The van der Waals surface area contributed by atoms with E-state index in [1.54, 1.807) is 0 Å². The fourth-order valence-corrected chi connectivity index (χ4v) is 3.49. The van der Waals surface area contributed by atoms with Crippen LogP contribution >= 0.6 is 0 Å². The Bertz CT molecular complexity index is 582. The van der Waals surface area contributed by atoms with Gasteiger partial charge in [0.2, 0.25) is 5.82 Å². The van der Waals surface area contributed by atoms with Crippen LogP contribution in [0, 0.1) is 10.1 Å². The summed E-state index contributed by atoms with van der Waals surface area (Å²) in [6.45, 7) is 6.55. The van der Waals surface area contributed by atoms with Crippen molar-refractivity contribution in [1.29, 1.82) is 0 Å². The molecule has 1 N–H and O–H groups in total. The van der Waals surface area contributed by atoms with Gasteiger partial charge in [-0.05, 0) is 20.3 Å². The van der Waals surface area contributed by atoms with E-state index in [0.29, 0.717) is 6.54 Å². The molecular formula is C23H42N4O3. The SMILES string of the molecule is CCCCCCCCCCCCCCCCNc1ncnc(OC(C)C)c1[N+](=O)[O-]. The third-order valence-electron chi connectivity index (χ3n) is 5.14.